The molecule has 7 nitrogen and oxygen atoms in total. The van der Waals surface area contributed by atoms with Gasteiger partial charge in [0.2, 0.25) is 10.0 Å². The van der Waals surface area contributed by atoms with E-state index in [1.54, 1.807) is 0 Å². The molecule has 0 spiro atoms. The van der Waals surface area contributed by atoms with Crippen molar-refractivity contribution in [2.75, 3.05) is 32.6 Å². The van der Waals surface area contributed by atoms with Gasteiger partial charge in [-0.25, -0.2) is 13.1 Å². The van der Waals surface area contributed by atoms with Crippen molar-refractivity contribution in [2.24, 2.45) is 0 Å². The molecule has 2 N–H and O–H groups in total. The van der Waals surface area contributed by atoms with Gasteiger partial charge in [0.25, 0.3) is 5.91 Å². The maximum absolute atomic E-state index is 12.3. The molecule has 0 aliphatic rings. The molecule has 0 saturated carbocycles. The highest BCUT2D eigenvalue weighted by molar-refractivity contribution is 7.88. The molecule has 1 amide bonds. The molecule has 0 bridgehead atoms. The van der Waals surface area contributed by atoms with E-state index in [1.807, 2.05) is 0 Å². The summed E-state index contributed by atoms with van der Waals surface area (Å²) in [5, 5.41) is 2.20. The van der Waals surface area contributed by atoms with Gasteiger partial charge < -0.3 is 14.8 Å². The topological polar surface area (TPSA) is 93.7 Å². The van der Waals surface area contributed by atoms with Gasteiger partial charge in [0, 0.05) is 13.1 Å². The van der Waals surface area contributed by atoms with Crippen LogP contribution in [0.2, 0.25) is 0 Å². The Morgan fingerprint density at radius 1 is 1.00 bits per heavy atom. The fourth-order valence-corrected chi connectivity index (χ4v) is 2.21. The largest absolute Gasteiger partial charge is 0.484 e. The number of ether oxygens (including phenoxy) is 2. The van der Waals surface area contributed by atoms with Gasteiger partial charge in [-0.15, -0.1) is 0 Å². The summed E-state index contributed by atoms with van der Waals surface area (Å²) in [4.78, 5) is 12.1. The van der Waals surface area contributed by atoms with Crippen LogP contribution in [-0.2, 0) is 10.0 Å². The quantitative estimate of drug-likeness (QED) is 0.454. The third-order valence-electron chi connectivity index (χ3n) is 2.76. The summed E-state index contributed by atoms with van der Waals surface area (Å²) in [6.45, 7) is -3.85. The van der Waals surface area contributed by atoms with Crippen molar-refractivity contribution < 1.29 is 49.0 Å². The molecule has 0 aliphatic heterocycles. The number of carbonyl (C=O) groups is 1. The molecule has 0 fully saturated rings. The lowest BCUT2D eigenvalue weighted by Gasteiger charge is -2.15. The van der Waals surface area contributed by atoms with E-state index in [-0.39, 0.29) is 13.1 Å². The van der Waals surface area contributed by atoms with Crippen molar-refractivity contribution in [1.29, 1.82) is 0 Å². The van der Waals surface area contributed by atoms with E-state index in [2.05, 4.69) is 19.5 Å². The first-order chi connectivity index (χ1) is 12.7. The summed E-state index contributed by atoms with van der Waals surface area (Å²) in [7, 11) is -3.53. The molecule has 0 atom stereocenters. The van der Waals surface area contributed by atoms with Gasteiger partial charge in [-0.05, 0) is 18.2 Å². The Morgan fingerprint density at radius 2 is 1.57 bits per heavy atom. The number of nitrogens with one attached hydrogen (secondary N) is 2. The molecule has 160 valence electrons. The number of benzene rings is 1. The summed E-state index contributed by atoms with van der Waals surface area (Å²) < 4.78 is 107. The monoisotopic (exact) mass is 438 g/mol. The number of carbonyl (C=O) groups excluding carboxylic acids is 1. The summed E-state index contributed by atoms with van der Waals surface area (Å²) in [6, 6.07) is 2.57. The number of hydrogen-bond acceptors (Lipinski definition) is 5. The third-order valence-corrected chi connectivity index (χ3v) is 3.49. The van der Waals surface area contributed by atoms with Crippen LogP contribution in [0.25, 0.3) is 0 Å². The fourth-order valence-electron chi connectivity index (χ4n) is 1.73. The molecule has 0 radical (unpaired) electrons. The van der Waals surface area contributed by atoms with Crippen LogP contribution in [0, 0.1) is 0 Å². The van der Waals surface area contributed by atoms with Crippen LogP contribution < -0.4 is 19.5 Å². The van der Waals surface area contributed by atoms with Crippen LogP contribution in [0.15, 0.2) is 18.2 Å². The molecule has 14 heteroatoms. The first-order valence-electron chi connectivity index (χ1n) is 7.42. The summed E-state index contributed by atoms with van der Waals surface area (Å²) in [6.07, 6.45) is -8.50. The van der Waals surface area contributed by atoms with Crippen molar-refractivity contribution in [3.63, 3.8) is 0 Å². The molecule has 28 heavy (non-hydrogen) atoms. The zero-order valence-electron chi connectivity index (χ0n) is 14.3. The minimum atomic E-state index is -4.71. The molecule has 0 unspecified atom stereocenters. The minimum Gasteiger partial charge on any atom is -0.484 e. The number of amides is 1. The van der Waals surface area contributed by atoms with E-state index < -0.39 is 58.6 Å². The number of hydrogen-bond donors (Lipinski definition) is 2. The van der Waals surface area contributed by atoms with E-state index >= 15 is 0 Å². The fraction of sp³-hybridized carbons (Fsp3) is 0.500. The average molecular weight is 438 g/mol. The molecule has 1 rings (SSSR count). The molecule has 1 aromatic rings. The van der Waals surface area contributed by atoms with Gasteiger partial charge in [0.05, 0.1) is 11.8 Å². The maximum atomic E-state index is 12.3. The number of alkyl halides is 6. The van der Waals surface area contributed by atoms with Gasteiger partial charge in [-0.2, -0.15) is 26.3 Å². The van der Waals surface area contributed by atoms with Crippen LogP contribution in [0.3, 0.4) is 0 Å². The zero-order chi connectivity index (χ0) is 21.6. The van der Waals surface area contributed by atoms with Gasteiger partial charge in [0.15, 0.2) is 13.2 Å². The predicted octanol–water partition coefficient (Wildman–Crippen LogP) is 1.85. The van der Waals surface area contributed by atoms with E-state index in [0.717, 1.165) is 24.5 Å². The van der Waals surface area contributed by atoms with Crippen LogP contribution in [0.5, 0.6) is 11.5 Å². The molecule has 0 saturated heterocycles. The lowest BCUT2D eigenvalue weighted by atomic mass is 10.1. The Kier molecular flexibility index (Phi) is 7.93. The third kappa shape index (κ3) is 10.2. The van der Waals surface area contributed by atoms with Crippen LogP contribution >= 0.6 is 0 Å². The van der Waals surface area contributed by atoms with Crippen molar-refractivity contribution in [1.82, 2.24) is 10.0 Å². The van der Waals surface area contributed by atoms with Crippen molar-refractivity contribution in [3.8, 4) is 11.5 Å². The van der Waals surface area contributed by atoms with Gasteiger partial charge >= 0.3 is 12.4 Å². The second-order valence-corrected chi connectivity index (χ2v) is 7.22. The Morgan fingerprint density at radius 3 is 2.11 bits per heavy atom. The lowest BCUT2D eigenvalue weighted by molar-refractivity contribution is -0.154. The molecule has 0 aliphatic carbocycles. The lowest BCUT2D eigenvalue weighted by Crippen LogP contribution is -2.34. The van der Waals surface area contributed by atoms with Gasteiger partial charge in [0.1, 0.15) is 11.5 Å². The standard InChI is InChI=1S/C14H16F6N2O5S/c1-28(24,25)22-5-4-21-12(23)10-6-9(26-7-13(15,16)17)2-3-11(10)27-8-14(18,19)20/h2-3,6,22H,4-5,7-8H2,1H3,(H,21,23). The van der Waals surface area contributed by atoms with Crippen molar-refractivity contribution in [3.05, 3.63) is 23.8 Å². The average Bonchev–Trinajstić information content (AvgIpc) is 2.53. The Labute approximate surface area is 156 Å². The smallest absolute Gasteiger partial charge is 0.422 e. The Hall–Kier alpha value is -2.22. The summed E-state index contributed by atoms with van der Waals surface area (Å²) in [5.74, 6) is -1.95. The van der Waals surface area contributed by atoms with E-state index in [9.17, 15) is 39.6 Å². The first-order valence-corrected chi connectivity index (χ1v) is 9.31. The van der Waals surface area contributed by atoms with Crippen molar-refractivity contribution in [2.45, 2.75) is 12.4 Å². The molecule has 0 aromatic heterocycles. The maximum Gasteiger partial charge on any atom is 0.422 e. The summed E-state index contributed by atoms with van der Waals surface area (Å²) >= 11 is 0. The zero-order valence-corrected chi connectivity index (χ0v) is 15.1. The number of rotatable bonds is 9. The first kappa shape index (κ1) is 23.8. The van der Waals surface area contributed by atoms with Crippen LogP contribution in [0.1, 0.15) is 10.4 Å². The molecular weight excluding hydrogens is 422 g/mol. The number of sulfonamides is 1. The van der Waals surface area contributed by atoms with Crippen molar-refractivity contribution >= 4 is 15.9 Å². The van der Waals surface area contributed by atoms with Crippen LogP contribution in [-0.4, -0.2) is 59.2 Å². The molecular formula is C14H16F6N2O5S. The van der Waals surface area contributed by atoms with E-state index in [0.29, 0.717) is 0 Å². The highest BCUT2D eigenvalue weighted by Crippen LogP contribution is 2.27. The second kappa shape index (κ2) is 9.32. The second-order valence-electron chi connectivity index (χ2n) is 5.39. The molecule has 1 aromatic carbocycles. The van der Waals surface area contributed by atoms with Crippen LogP contribution in [0.4, 0.5) is 26.3 Å². The minimum absolute atomic E-state index is 0.215. The Balaban J connectivity index is 2.92. The van der Waals surface area contributed by atoms with Gasteiger partial charge in [-0.1, -0.05) is 0 Å². The van der Waals surface area contributed by atoms with E-state index in [1.165, 1.54) is 0 Å². The summed E-state index contributed by atoms with van der Waals surface area (Å²) in [5.41, 5.74) is -0.511. The number of halogens is 6. The predicted molar refractivity (Wildman–Crippen MR) is 84.7 cm³/mol. The normalized spacial score (nSPS) is 12.5. The molecule has 0 heterocycles. The SMILES string of the molecule is CS(=O)(=O)NCCNC(=O)c1cc(OCC(F)(F)F)ccc1OCC(F)(F)F. The Bertz CT molecular complexity index is 779. The van der Waals surface area contributed by atoms with E-state index in [4.69, 9.17) is 0 Å². The highest BCUT2D eigenvalue weighted by Gasteiger charge is 2.30. The van der Waals surface area contributed by atoms with Gasteiger partial charge in [-0.3, -0.25) is 4.79 Å². The highest BCUT2D eigenvalue weighted by atomic mass is 32.2.